The van der Waals surface area contributed by atoms with E-state index in [1.807, 2.05) is 0 Å². The van der Waals surface area contributed by atoms with E-state index in [0.717, 1.165) is 30.0 Å². The van der Waals surface area contributed by atoms with Crippen molar-refractivity contribution in [2.45, 2.75) is 11.3 Å². The highest BCUT2D eigenvalue weighted by Gasteiger charge is 2.22. The molecule has 0 unspecified atom stereocenters. The Morgan fingerprint density at radius 2 is 1.63 bits per heavy atom. The van der Waals surface area contributed by atoms with Gasteiger partial charge in [-0.05, 0) is 36.4 Å². The van der Waals surface area contributed by atoms with Gasteiger partial charge in [-0.2, -0.15) is 0 Å². The molecule has 30 heavy (non-hydrogen) atoms. The van der Waals surface area contributed by atoms with Crippen LogP contribution in [0.5, 0.6) is 0 Å². The quantitative estimate of drug-likeness (QED) is 0.523. The first kappa shape index (κ1) is 21.7. The Labute approximate surface area is 173 Å². The highest BCUT2D eigenvalue weighted by Crippen LogP contribution is 2.18. The second kappa shape index (κ2) is 9.18. The minimum absolute atomic E-state index is 0.00274. The zero-order chi connectivity index (χ0) is 21.7. The highest BCUT2D eigenvalue weighted by atomic mass is 32.2. The van der Waals surface area contributed by atoms with E-state index in [9.17, 15) is 27.7 Å². The van der Waals surface area contributed by atoms with Crippen LogP contribution in [0, 0.1) is 15.9 Å². The molecule has 1 N–H and O–H groups in total. The summed E-state index contributed by atoms with van der Waals surface area (Å²) in [5, 5.41) is 10.7. The predicted octanol–water partition coefficient (Wildman–Crippen LogP) is 1.75. The third kappa shape index (κ3) is 5.30. The van der Waals surface area contributed by atoms with Crippen molar-refractivity contribution in [3.63, 3.8) is 0 Å². The number of rotatable bonds is 7. The molecule has 1 saturated heterocycles. The lowest BCUT2D eigenvalue weighted by molar-refractivity contribution is -0.384. The number of anilines is 1. The van der Waals surface area contributed by atoms with E-state index in [1.54, 1.807) is 17.0 Å². The van der Waals surface area contributed by atoms with Gasteiger partial charge in [0.1, 0.15) is 5.82 Å². The van der Waals surface area contributed by atoms with Gasteiger partial charge in [0, 0.05) is 57.0 Å². The van der Waals surface area contributed by atoms with Crippen molar-refractivity contribution < 1.29 is 22.5 Å². The fraction of sp³-hybridized carbons (Fsp3) is 0.316. The first-order valence-corrected chi connectivity index (χ1v) is 10.8. The molecule has 11 heteroatoms. The lowest BCUT2D eigenvalue weighted by atomic mass is 10.2. The number of carbonyl (C=O) groups is 1. The molecule has 1 aliphatic rings. The summed E-state index contributed by atoms with van der Waals surface area (Å²) in [6.07, 6.45) is 0.00274. The van der Waals surface area contributed by atoms with Crippen molar-refractivity contribution >= 4 is 27.3 Å². The summed E-state index contributed by atoms with van der Waals surface area (Å²) in [5.74, 6) is -0.469. The molecule has 0 aliphatic carbocycles. The monoisotopic (exact) mass is 436 g/mol. The molecule has 1 heterocycles. The minimum atomic E-state index is -3.86. The number of nitro groups is 1. The normalized spacial score (nSPS) is 14.6. The highest BCUT2D eigenvalue weighted by molar-refractivity contribution is 7.89. The number of piperazine rings is 1. The summed E-state index contributed by atoms with van der Waals surface area (Å²) in [7, 11) is -3.86. The van der Waals surface area contributed by atoms with E-state index >= 15 is 0 Å². The van der Waals surface area contributed by atoms with Gasteiger partial charge in [-0.25, -0.2) is 17.5 Å². The molecule has 0 radical (unpaired) electrons. The SMILES string of the molecule is O=C(CCNS(=O)(=O)c1ccc([N+](=O)[O-])cc1)N1CCN(c2ccc(F)cc2)CC1. The third-order valence-electron chi connectivity index (χ3n) is 4.81. The van der Waals surface area contributed by atoms with Crippen molar-refractivity contribution in [2.24, 2.45) is 0 Å². The van der Waals surface area contributed by atoms with Gasteiger partial charge < -0.3 is 9.80 Å². The van der Waals surface area contributed by atoms with E-state index in [4.69, 9.17) is 0 Å². The molecule has 3 rings (SSSR count). The van der Waals surface area contributed by atoms with Gasteiger partial charge >= 0.3 is 0 Å². The Bertz CT molecular complexity index is 1000. The van der Waals surface area contributed by atoms with Crippen LogP contribution in [0.25, 0.3) is 0 Å². The number of non-ortho nitro benzene ring substituents is 1. The molecule has 2 aromatic rings. The number of halogens is 1. The molecule has 0 saturated carbocycles. The van der Waals surface area contributed by atoms with Gasteiger partial charge in [0.2, 0.25) is 15.9 Å². The van der Waals surface area contributed by atoms with Crippen LogP contribution in [0.1, 0.15) is 6.42 Å². The summed E-state index contributed by atoms with van der Waals surface area (Å²) >= 11 is 0. The summed E-state index contributed by atoms with van der Waals surface area (Å²) < 4.78 is 39.9. The molecule has 2 aromatic carbocycles. The number of sulfonamides is 1. The zero-order valence-corrected chi connectivity index (χ0v) is 16.8. The van der Waals surface area contributed by atoms with E-state index in [1.165, 1.54) is 12.1 Å². The Balaban J connectivity index is 1.46. The fourth-order valence-corrected chi connectivity index (χ4v) is 4.18. The van der Waals surface area contributed by atoms with E-state index in [0.29, 0.717) is 26.2 Å². The summed E-state index contributed by atoms with van der Waals surface area (Å²) in [4.78, 5) is 26.0. The van der Waals surface area contributed by atoms with Gasteiger partial charge in [-0.1, -0.05) is 0 Å². The summed E-state index contributed by atoms with van der Waals surface area (Å²) in [6, 6.07) is 10.7. The molecule has 0 spiro atoms. The smallest absolute Gasteiger partial charge is 0.269 e. The Kier molecular flexibility index (Phi) is 6.63. The van der Waals surface area contributed by atoms with Crippen molar-refractivity contribution in [1.29, 1.82) is 0 Å². The molecule has 1 fully saturated rings. The molecular weight excluding hydrogens is 415 g/mol. The summed E-state index contributed by atoms with van der Waals surface area (Å²) in [5.41, 5.74) is 0.684. The second-order valence-electron chi connectivity index (χ2n) is 6.74. The summed E-state index contributed by atoms with van der Waals surface area (Å²) in [6.45, 7) is 2.12. The third-order valence-corrected chi connectivity index (χ3v) is 6.29. The zero-order valence-electron chi connectivity index (χ0n) is 16.0. The van der Waals surface area contributed by atoms with Gasteiger partial charge in [0.15, 0.2) is 0 Å². The maximum absolute atomic E-state index is 13.0. The first-order chi connectivity index (χ1) is 14.3. The van der Waals surface area contributed by atoms with Crippen molar-refractivity contribution in [2.75, 3.05) is 37.6 Å². The van der Waals surface area contributed by atoms with Crippen molar-refractivity contribution in [1.82, 2.24) is 9.62 Å². The van der Waals surface area contributed by atoms with E-state index in [2.05, 4.69) is 9.62 Å². The number of benzene rings is 2. The molecule has 1 amide bonds. The van der Waals surface area contributed by atoms with E-state index in [-0.39, 0.29) is 35.3 Å². The number of nitrogens with one attached hydrogen (secondary N) is 1. The minimum Gasteiger partial charge on any atom is -0.368 e. The average molecular weight is 436 g/mol. The Morgan fingerprint density at radius 1 is 1.03 bits per heavy atom. The molecule has 9 nitrogen and oxygen atoms in total. The standard InChI is InChI=1S/C19H21FN4O5S/c20-15-1-3-16(4-2-15)22-11-13-23(14-12-22)19(25)9-10-21-30(28,29)18-7-5-17(6-8-18)24(26)27/h1-8,21H,9-14H2. The molecule has 0 bridgehead atoms. The lowest BCUT2D eigenvalue weighted by Gasteiger charge is -2.36. The lowest BCUT2D eigenvalue weighted by Crippen LogP contribution is -2.49. The van der Waals surface area contributed by atoms with Crippen molar-refractivity contribution in [3.05, 3.63) is 64.5 Å². The maximum atomic E-state index is 13.0. The van der Waals surface area contributed by atoms with Gasteiger partial charge in [-0.15, -0.1) is 0 Å². The number of hydrogen-bond donors (Lipinski definition) is 1. The Morgan fingerprint density at radius 3 is 2.20 bits per heavy atom. The van der Waals surface area contributed by atoms with Gasteiger partial charge in [-0.3, -0.25) is 14.9 Å². The predicted molar refractivity (Wildman–Crippen MR) is 108 cm³/mol. The number of nitro benzene ring substituents is 1. The van der Waals surface area contributed by atoms with Crippen molar-refractivity contribution in [3.8, 4) is 0 Å². The number of nitrogens with zero attached hydrogens (tertiary/aromatic N) is 3. The average Bonchev–Trinajstić information content (AvgIpc) is 2.74. The topological polar surface area (TPSA) is 113 Å². The van der Waals surface area contributed by atoms with Crippen LogP contribution in [-0.4, -0.2) is 56.9 Å². The van der Waals surface area contributed by atoms with Crippen LogP contribution in [0.3, 0.4) is 0 Å². The largest absolute Gasteiger partial charge is 0.368 e. The Hall–Kier alpha value is -3.05. The second-order valence-corrected chi connectivity index (χ2v) is 8.51. The van der Waals surface area contributed by atoms with Crippen LogP contribution in [0.15, 0.2) is 53.4 Å². The number of carbonyl (C=O) groups excluding carboxylic acids is 1. The van der Waals surface area contributed by atoms with Crippen LogP contribution < -0.4 is 9.62 Å². The van der Waals surface area contributed by atoms with Gasteiger partial charge in [0.25, 0.3) is 5.69 Å². The van der Waals surface area contributed by atoms with Crippen LogP contribution >= 0.6 is 0 Å². The number of hydrogen-bond acceptors (Lipinski definition) is 6. The fourth-order valence-electron chi connectivity index (χ4n) is 3.15. The molecule has 0 aromatic heterocycles. The molecule has 0 atom stereocenters. The maximum Gasteiger partial charge on any atom is 0.269 e. The number of amides is 1. The van der Waals surface area contributed by atoms with E-state index < -0.39 is 14.9 Å². The first-order valence-electron chi connectivity index (χ1n) is 9.29. The van der Waals surface area contributed by atoms with Crippen LogP contribution in [-0.2, 0) is 14.8 Å². The molecular formula is C19H21FN4O5S. The van der Waals surface area contributed by atoms with Crippen LogP contribution in [0.2, 0.25) is 0 Å². The molecule has 1 aliphatic heterocycles. The van der Waals surface area contributed by atoms with Gasteiger partial charge in [0.05, 0.1) is 9.82 Å². The molecule has 160 valence electrons. The van der Waals surface area contributed by atoms with Crippen LogP contribution in [0.4, 0.5) is 15.8 Å².